The number of anilines is 1. The number of pyridine rings is 1. The first-order chi connectivity index (χ1) is 8.74. The van der Waals surface area contributed by atoms with Gasteiger partial charge in [-0.2, -0.15) is 0 Å². The number of nitrogens with two attached hydrogens (primary N) is 1. The SMILES string of the molecule is NC(=O)Nc1ccc(CCc2ccncc2)cc1. The first-order valence-corrected chi connectivity index (χ1v) is 5.78. The first-order valence-electron chi connectivity index (χ1n) is 5.78. The van der Waals surface area contributed by atoms with Crippen LogP contribution in [0.15, 0.2) is 48.8 Å². The number of nitrogens with zero attached hydrogens (tertiary/aromatic N) is 1. The van der Waals surface area contributed by atoms with Crippen molar-refractivity contribution in [2.24, 2.45) is 5.73 Å². The molecule has 1 aromatic carbocycles. The van der Waals surface area contributed by atoms with Crippen LogP contribution in [0.4, 0.5) is 10.5 Å². The van der Waals surface area contributed by atoms with Gasteiger partial charge in [0, 0.05) is 18.1 Å². The van der Waals surface area contributed by atoms with Gasteiger partial charge in [-0.3, -0.25) is 4.98 Å². The fraction of sp³-hybridized carbons (Fsp3) is 0.143. The number of primary amides is 1. The van der Waals surface area contributed by atoms with Crippen LogP contribution in [0.2, 0.25) is 0 Å². The zero-order valence-corrected chi connectivity index (χ0v) is 9.97. The van der Waals surface area contributed by atoms with E-state index in [1.807, 2.05) is 36.4 Å². The Bertz CT molecular complexity index is 508. The topological polar surface area (TPSA) is 68.0 Å². The first kappa shape index (κ1) is 12.1. The smallest absolute Gasteiger partial charge is 0.316 e. The van der Waals surface area contributed by atoms with Crippen molar-refractivity contribution >= 4 is 11.7 Å². The van der Waals surface area contributed by atoms with Gasteiger partial charge in [0.1, 0.15) is 0 Å². The van der Waals surface area contributed by atoms with Gasteiger partial charge in [0.05, 0.1) is 0 Å². The van der Waals surface area contributed by atoms with E-state index in [0.29, 0.717) is 0 Å². The monoisotopic (exact) mass is 241 g/mol. The fourth-order valence-corrected chi connectivity index (χ4v) is 1.74. The van der Waals surface area contributed by atoms with Crippen LogP contribution < -0.4 is 11.1 Å². The summed E-state index contributed by atoms with van der Waals surface area (Å²) in [4.78, 5) is 14.7. The molecule has 0 fully saturated rings. The van der Waals surface area contributed by atoms with Crippen molar-refractivity contribution in [1.29, 1.82) is 0 Å². The summed E-state index contributed by atoms with van der Waals surface area (Å²) in [5.41, 5.74) is 8.25. The quantitative estimate of drug-likeness (QED) is 0.862. The van der Waals surface area contributed by atoms with Gasteiger partial charge in [-0.1, -0.05) is 12.1 Å². The number of hydrogen-bond donors (Lipinski definition) is 2. The van der Waals surface area contributed by atoms with E-state index in [0.717, 1.165) is 18.5 Å². The number of nitrogens with one attached hydrogen (secondary N) is 1. The number of carbonyl (C=O) groups excluding carboxylic acids is 1. The predicted octanol–water partition coefficient (Wildman–Crippen LogP) is 2.36. The molecule has 2 amide bonds. The largest absolute Gasteiger partial charge is 0.351 e. The van der Waals surface area contributed by atoms with Crippen molar-refractivity contribution < 1.29 is 4.79 Å². The molecule has 0 aliphatic rings. The molecule has 4 nitrogen and oxygen atoms in total. The molecule has 0 unspecified atom stereocenters. The van der Waals surface area contributed by atoms with Crippen LogP contribution in [0.3, 0.4) is 0 Å². The Kier molecular flexibility index (Phi) is 3.91. The van der Waals surface area contributed by atoms with Crippen molar-refractivity contribution in [3.63, 3.8) is 0 Å². The number of carbonyl (C=O) groups is 1. The van der Waals surface area contributed by atoms with E-state index >= 15 is 0 Å². The fourth-order valence-electron chi connectivity index (χ4n) is 1.74. The molecule has 0 saturated heterocycles. The van der Waals surface area contributed by atoms with Crippen LogP contribution in [-0.2, 0) is 12.8 Å². The van der Waals surface area contributed by atoms with Gasteiger partial charge in [0.2, 0.25) is 0 Å². The summed E-state index contributed by atoms with van der Waals surface area (Å²) in [5, 5.41) is 2.54. The van der Waals surface area contributed by atoms with Crippen LogP contribution in [0.25, 0.3) is 0 Å². The Hall–Kier alpha value is -2.36. The zero-order valence-electron chi connectivity index (χ0n) is 9.97. The lowest BCUT2D eigenvalue weighted by molar-refractivity contribution is 0.259. The molecule has 92 valence electrons. The van der Waals surface area contributed by atoms with Crippen molar-refractivity contribution in [2.75, 3.05) is 5.32 Å². The molecule has 1 heterocycles. The Morgan fingerprint density at radius 1 is 1.00 bits per heavy atom. The van der Waals surface area contributed by atoms with Crippen LogP contribution in [0.1, 0.15) is 11.1 Å². The summed E-state index contributed by atoms with van der Waals surface area (Å²) in [7, 11) is 0. The molecule has 1 aromatic heterocycles. The highest BCUT2D eigenvalue weighted by atomic mass is 16.2. The zero-order chi connectivity index (χ0) is 12.8. The van der Waals surface area contributed by atoms with Crippen molar-refractivity contribution in [3.05, 3.63) is 59.9 Å². The third-order valence-corrected chi connectivity index (χ3v) is 2.67. The molecule has 0 aliphatic heterocycles. The summed E-state index contributed by atoms with van der Waals surface area (Å²) in [6.45, 7) is 0. The minimum atomic E-state index is -0.542. The molecule has 18 heavy (non-hydrogen) atoms. The Balaban J connectivity index is 1.92. The average molecular weight is 241 g/mol. The van der Waals surface area contributed by atoms with E-state index in [2.05, 4.69) is 10.3 Å². The summed E-state index contributed by atoms with van der Waals surface area (Å²) >= 11 is 0. The lowest BCUT2D eigenvalue weighted by atomic mass is 10.1. The number of amides is 2. The molecular weight excluding hydrogens is 226 g/mol. The van der Waals surface area contributed by atoms with Gasteiger partial charge in [0.15, 0.2) is 0 Å². The second-order valence-corrected chi connectivity index (χ2v) is 4.04. The van der Waals surface area contributed by atoms with E-state index in [1.54, 1.807) is 12.4 Å². The maximum Gasteiger partial charge on any atom is 0.316 e. The highest BCUT2D eigenvalue weighted by molar-refractivity contribution is 5.87. The standard InChI is InChI=1S/C14H15N3O/c15-14(18)17-13-5-3-11(4-6-13)1-2-12-7-9-16-10-8-12/h3-10H,1-2H2,(H3,15,17,18). The number of aryl methyl sites for hydroxylation is 2. The Morgan fingerprint density at radius 3 is 2.11 bits per heavy atom. The number of hydrogen-bond acceptors (Lipinski definition) is 2. The lowest BCUT2D eigenvalue weighted by Gasteiger charge is -2.04. The van der Waals surface area contributed by atoms with E-state index < -0.39 is 6.03 Å². The summed E-state index contributed by atoms with van der Waals surface area (Å²) in [5.74, 6) is 0. The molecule has 2 rings (SSSR count). The molecule has 0 bridgehead atoms. The Morgan fingerprint density at radius 2 is 1.56 bits per heavy atom. The maximum atomic E-state index is 10.7. The summed E-state index contributed by atoms with van der Waals surface area (Å²) in [6, 6.07) is 11.2. The lowest BCUT2D eigenvalue weighted by Crippen LogP contribution is -2.19. The number of urea groups is 1. The third-order valence-electron chi connectivity index (χ3n) is 2.67. The van der Waals surface area contributed by atoms with Gasteiger partial charge in [-0.05, 0) is 48.2 Å². The average Bonchev–Trinajstić information content (AvgIpc) is 2.38. The van der Waals surface area contributed by atoms with Gasteiger partial charge < -0.3 is 11.1 Å². The van der Waals surface area contributed by atoms with Crippen LogP contribution in [-0.4, -0.2) is 11.0 Å². The highest BCUT2D eigenvalue weighted by Crippen LogP contribution is 2.11. The van der Waals surface area contributed by atoms with Gasteiger partial charge >= 0.3 is 6.03 Å². The molecule has 4 heteroatoms. The van der Waals surface area contributed by atoms with Crippen LogP contribution in [0.5, 0.6) is 0 Å². The van der Waals surface area contributed by atoms with Crippen molar-refractivity contribution in [2.45, 2.75) is 12.8 Å². The van der Waals surface area contributed by atoms with Gasteiger partial charge in [0.25, 0.3) is 0 Å². The molecule has 0 aliphatic carbocycles. The summed E-state index contributed by atoms with van der Waals surface area (Å²) in [6.07, 6.45) is 5.54. The predicted molar refractivity (Wildman–Crippen MR) is 71.3 cm³/mol. The van der Waals surface area contributed by atoms with Gasteiger partial charge in [-0.25, -0.2) is 4.79 Å². The molecule has 3 N–H and O–H groups in total. The molecule has 2 aromatic rings. The molecule has 0 atom stereocenters. The number of benzene rings is 1. The minimum absolute atomic E-state index is 0.542. The van der Waals surface area contributed by atoms with E-state index in [4.69, 9.17) is 5.73 Å². The number of rotatable bonds is 4. The molecule has 0 spiro atoms. The van der Waals surface area contributed by atoms with E-state index in [-0.39, 0.29) is 0 Å². The summed E-state index contributed by atoms with van der Waals surface area (Å²) < 4.78 is 0. The van der Waals surface area contributed by atoms with E-state index in [1.165, 1.54) is 11.1 Å². The second-order valence-electron chi connectivity index (χ2n) is 4.04. The minimum Gasteiger partial charge on any atom is -0.351 e. The van der Waals surface area contributed by atoms with Crippen molar-refractivity contribution in [3.8, 4) is 0 Å². The Labute approximate surface area is 106 Å². The van der Waals surface area contributed by atoms with Crippen molar-refractivity contribution in [1.82, 2.24) is 4.98 Å². The highest BCUT2D eigenvalue weighted by Gasteiger charge is 1.98. The molecule has 0 radical (unpaired) electrons. The van der Waals surface area contributed by atoms with Crippen LogP contribution >= 0.6 is 0 Å². The van der Waals surface area contributed by atoms with Gasteiger partial charge in [-0.15, -0.1) is 0 Å². The molecule has 0 saturated carbocycles. The second kappa shape index (κ2) is 5.82. The molecular formula is C14H15N3O. The third kappa shape index (κ3) is 3.59. The number of aromatic nitrogens is 1. The normalized spacial score (nSPS) is 10.0. The van der Waals surface area contributed by atoms with Crippen LogP contribution in [0, 0.1) is 0 Å². The van der Waals surface area contributed by atoms with E-state index in [9.17, 15) is 4.79 Å². The maximum absolute atomic E-state index is 10.7.